The zero-order valence-corrected chi connectivity index (χ0v) is 21.1. The Bertz CT molecular complexity index is 1170. The first-order valence-corrected chi connectivity index (χ1v) is 13.8. The molecule has 0 aromatic heterocycles. The number of benzene rings is 2. The van der Waals surface area contributed by atoms with Crippen LogP contribution < -0.4 is 0 Å². The van der Waals surface area contributed by atoms with E-state index in [4.69, 9.17) is 4.74 Å². The number of hydrogen-bond donors (Lipinski definition) is 0. The Hall–Kier alpha value is -2.07. The van der Waals surface area contributed by atoms with E-state index >= 15 is 0 Å². The normalized spacial score (nSPS) is 33.6. The molecule has 1 heterocycles. The van der Waals surface area contributed by atoms with E-state index in [1.54, 1.807) is 24.3 Å². The van der Waals surface area contributed by atoms with Gasteiger partial charge in [-0.15, -0.1) is 0 Å². The highest BCUT2D eigenvalue weighted by Crippen LogP contribution is 2.66. The highest BCUT2D eigenvalue weighted by Gasteiger charge is 2.61. The predicted octanol–water partition coefficient (Wildman–Crippen LogP) is 7.25. The van der Waals surface area contributed by atoms with Gasteiger partial charge in [0.15, 0.2) is 0 Å². The Morgan fingerprint density at radius 3 is 2.12 bits per heavy atom. The maximum absolute atomic E-state index is 14.0. The van der Waals surface area contributed by atoms with Gasteiger partial charge < -0.3 is 4.74 Å². The number of sulfone groups is 1. The number of hydrogen-bond acceptors (Lipinski definition) is 3. The number of ether oxygens (including phenoxy) is 1. The van der Waals surface area contributed by atoms with Gasteiger partial charge in [0.05, 0.1) is 9.80 Å². The molecule has 33 heavy (non-hydrogen) atoms. The van der Waals surface area contributed by atoms with Gasteiger partial charge in [-0.25, -0.2) is 8.42 Å². The molecule has 5 rings (SSSR count). The molecule has 2 aromatic rings. The third kappa shape index (κ3) is 3.56. The van der Waals surface area contributed by atoms with Crippen LogP contribution in [0.25, 0.3) is 5.76 Å². The summed E-state index contributed by atoms with van der Waals surface area (Å²) in [6, 6.07) is 18.7. The summed E-state index contributed by atoms with van der Waals surface area (Å²) in [5.74, 6) is 1.30. The fraction of sp³-hybridized carbons (Fsp3) is 0.517. The lowest BCUT2D eigenvalue weighted by atomic mass is 9.45. The van der Waals surface area contributed by atoms with Crippen LogP contribution in [-0.4, -0.2) is 14.0 Å². The minimum Gasteiger partial charge on any atom is -0.486 e. The van der Waals surface area contributed by atoms with Crippen molar-refractivity contribution in [3.05, 3.63) is 71.1 Å². The summed E-state index contributed by atoms with van der Waals surface area (Å²) in [6.07, 6.45) is 6.24. The molecule has 3 nitrogen and oxygen atoms in total. The van der Waals surface area contributed by atoms with Gasteiger partial charge in [-0.3, -0.25) is 0 Å². The fourth-order valence-corrected chi connectivity index (χ4v) is 9.12. The highest BCUT2D eigenvalue weighted by atomic mass is 32.2. The zero-order chi connectivity index (χ0) is 23.5. The molecule has 0 spiro atoms. The first-order chi connectivity index (χ1) is 15.6. The van der Waals surface area contributed by atoms with E-state index in [1.807, 2.05) is 36.4 Å². The van der Waals surface area contributed by atoms with Crippen molar-refractivity contribution >= 4 is 15.6 Å². The van der Waals surface area contributed by atoms with E-state index in [2.05, 4.69) is 27.7 Å². The largest absolute Gasteiger partial charge is 0.486 e. The third-order valence-electron chi connectivity index (χ3n) is 9.13. The summed E-state index contributed by atoms with van der Waals surface area (Å²) in [5, 5.41) is 0. The average Bonchev–Trinajstić information content (AvgIpc) is 2.78. The molecule has 0 N–H and O–H groups in total. The summed E-state index contributed by atoms with van der Waals surface area (Å²) < 4.78 is 34.9. The van der Waals surface area contributed by atoms with Gasteiger partial charge >= 0.3 is 0 Å². The second-order valence-corrected chi connectivity index (χ2v) is 13.5. The minimum atomic E-state index is -3.68. The third-order valence-corrected chi connectivity index (χ3v) is 11.0. The monoisotopic (exact) mass is 464 g/mol. The molecule has 1 aliphatic heterocycles. The molecule has 4 heteroatoms. The molecular formula is C29H36O3S. The maximum Gasteiger partial charge on any atom is 0.206 e. The van der Waals surface area contributed by atoms with Crippen LogP contribution in [0.15, 0.2) is 70.5 Å². The molecule has 176 valence electrons. The smallest absolute Gasteiger partial charge is 0.206 e. The SMILES string of the molecule is CC1(C)CCC[C@]2(C)[C@@H]1CC[C@]1(C)OC(c3ccccc3)=C(S(=O)(=O)c3ccccc3)C[C@@H]21. The molecule has 0 radical (unpaired) electrons. The molecule has 2 aliphatic carbocycles. The predicted molar refractivity (Wildman–Crippen MR) is 133 cm³/mol. The van der Waals surface area contributed by atoms with E-state index < -0.39 is 9.84 Å². The van der Waals surface area contributed by atoms with Gasteiger partial charge in [-0.1, -0.05) is 75.7 Å². The van der Waals surface area contributed by atoms with Gasteiger partial charge in [0.2, 0.25) is 9.84 Å². The lowest BCUT2D eigenvalue weighted by Crippen LogP contribution is -2.59. The number of rotatable bonds is 3. The Morgan fingerprint density at radius 1 is 0.818 bits per heavy atom. The molecule has 0 amide bonds. The van der Waals surface area contributed by atoms with Gasteiger partial charge in [-0.2, -0.15) is 0 Å². The van der Waals surface area contributed by atoms with Crippen molar-refractivity contribution in [2.24, 2.45) is 22.7 Å². The quantitative estimate of drug-likeness (QED) is 0.480. The Labute approximate surface area is 199 Å². The standard InChI is InChI=1S/C29H36O3S/c1-27(2)17-11-18-28(3)24(27)16-19-29(4)25(28)20-23(26(32-29)21-12-7-5-8-13-21)33(30,31)22-14-9-6-10-15-22/h5-10,12-15,24-25H,11,16-20H2,1-4H3/t24-,25+,28-,29+/m1/s1. The molecule has 2 saturated carbocycles. The van der Waals surface area contributed by atoms with Crippen molar-refractivity contribution < 1.29 is 13.2 Å². The second-order valence-electron chi connectivity index (χ2n) is 11.5. The van der Waals surface area contributed by atoms with Crippen LogP contribution in [0.1, 0.15) is 71.8 Å². The van der Waals surface area contributed by atoms with Crippen molar-refractivity contribution in [3.63, 3.8) is 0 Å². The zero-order valence-electron chi connectivity index (χ0n) is 20.3. The van der Waals surface area contributed by atoms with Crippen LogP contribution in [0, 0.1) is 22.7 Å². The topological polar surface area (TPSA) is 43.4 Å². The number of fused-ring (bicyclic) bond motifs is 3. The van der Waals surface area contributed by atoms with Crippen LogP contribution in [0.2, 0.25) is 0 Å². The van der Waals surface area contributed by atoms with Gasteiger partial charge in [0.1, 0.15) is 11.4 Å². The van der Waals surface area contributed by atoms with Crippen molar-refractivity contribution in [3.8, 4) is 0 Å². The van der Waals surface area contributed by atoms with Crippen molar-refractivity contribution in [1.82, 2.24) is 0 Å². The molecule has 2 aromatic carbocycles. The van der Waals surface area contributed by atoms with E-state index in [-0.39, 0.29) is 22.3 Å². The first-order valence-electron chi connectivity index (χ1n) is 12.4. The molecule has 3 aliphatic rings. The van der Waals surface area contributed by atoms with Crippen molar-refractivity contribution in [2.75, 3.05) is 0 Å². The molecular weight excluding hydrogens is 428 g/mol. The lowest BCUT2D eigenvalue weighted by Gasteiger charge is -2.63. The number of allylic oxidation sites excluding steroid dienone is 1. The molecule has 0 saturated heterocycles. The second kappa shape index (κ2) is 7.73. The van der Waals surface area contributed by atoms with E-state index in [0.717, 1.165) is 24.8 Å². The van der Waals surface area contributed by atoms with Crippen LogP contribution >= 0.6 is 0 Å². The van der Waals surface area contributed by atoms with Gasteiger partial charge in [-0.05, 0) is 67.9 Å². The minimum absolute atomic E-state index is 0.0639. The summed E-state index contributed by atoms with van der Waals surface area (Å²) in [6.45, 7) is 9.47. The van der Waals surface area contributed by atoms with Crippen LogP contribution in [0.3, 0.4) is 0 Å². The molecule has 0 unspecified atom stereocenters. The molecule has 2 fully saturated rings. The van der Waals surface area contributed by atoms with Crippen molar-refractivity contribution in [1.29, 1.82) is 0 Å². The van der Waals surface area contributed by atoms with Crippen molar-refractivity contribution in [2.45, 2.75) is 76.7 Å². The molecule has 4 atom stereocenters. The summed E-state index contributed by atoms with van der Waals surface area (Å²) >= 11 is 0. The van der Waals surface area contributed by atoms with Crippen LogP contribution in [0.5, 0.6) is 0 Å². The van der Waals surface area contributed by atoms with Crippen LogP contribution in [0.4, 0.5) is 0 Å². The van der Waals surface area contributed by atoms with E-state index in [1.165, 1.54) is 12.8 Å². The summed E-state index contributed by atoms with van der Waals surface area (Å²) in [7, 11) is -3.68. The van der Waals surface area contributed by atoms with Crippen LogP contribution in [-0.2, 0) is 14.6 Å². The van der Waals surface area contributed by atoms with Gasteiger partial charge in [0.25, 0.3) is 0 Å². The first kappa shape index (κ1) is 22.7. The van der Waals surface area contributed by atoms with E-state index in [9.17, 15) is 8.42 Å². The van der Waals surface area contributed by atoms with E-state index in [0.29, 0.717) is 27.9 Å². The maximum atomic E-state index is 14.0. The fourth-order valence-electron chi connectivity index (χ4n) is 7.53. The summed E-state index contributed by atoms with van der Waals surface area (Å²) in [5.41, 5.74) is 0.826. The highest BCUT2D eigenvalue weighted by molar-refractivity contribution is 7.95. The Balaban J connectivity index is 1.69. The van der Waals surface area contributed by atoms with Gasteiger partial charge in [0, 0.05) is 11.5 Å². The average molecular weight is 465 g/mol. The molecule has 0 bridgehead atoms. The summed E-state index contributed by atoms with van der Waals surface area (Å²) in [4.78, 5) is 0.801. The Kier molecular flexibility index (Phi) is 5.32. The Morgan fingerprint density at radius 2 is 1.45 bits per heavy atom. The lowest BCUT2D eigenvalue weighted by molar-refractivity contribution is -0.169.